The standard InChI is InChI=1S/C16H15ClO/c1-16(2,13-9-6-10-14(17)11-13)15(18)12-7-4-3-5-8-12/h3-11H,1-2H3. The van der Waals surface area contributed by atoms with Crippen LogP contribution in [-0.4, -0.2) is 5.78 Å². The number of Topliss-reactive ketones (excluding diaryl/α,β-unsaturated/α-hetero) is 1. The van der Waals surface area contributed by atoms with Crippen molar-refractivity contribution < 1.29 is 4.79 Å². The van der Waals surface area contributed by atoms with Crippen molar-refractivity contribution in [1.29, 1.82) is 0 Å². The van der Waals surface area contributed by atoms with Crippen LogP contribution in [0, 0.1) is 0 Å². The average Bonchev–Trinajstić information content (AvgIpc) is 2.39. The van der Waals surface area contributed by atoms with Crippen LogP contribution in [0.4, 0.5) is 0 Å². The zero-order valence-corrected chi connectivity index (χ0v) is 11.2. The quantitative estimate of drug-likeness (QED) is 0.741. The summed E-state index contributed by atoms with van der Waals surface area (Å²) in [4.78, 5) is 12.5. The van der Waals surface area contributed by atoms with Gasteiger partial charge in [-0.3, -0.25) is 4.79 Å². The fourth-order valence-electron chi connectivity index (χ4n) is 1.96. The maximum Gasteiger partial charge on any atom is 0.172 e. The lowest BCUT2D eigenvalue weighted by molar-refractivity contribution is 0.0909. The van der Waals surface area contributed by atoms with Crippen LogP contribution in [0.25, 0.3) is 0 Å². The molecule has 92 valence electrons. The largest absolute Gasteiger partial charge is 0.293 e. The molecule has 0 aromatic heterocycles. The molecular weight excluding hydrogens is 244 g/mol. The Morgan fingerprint density at radius 2 is 1.67 bits per heavy atom. The Balaban J connectivity index is 2.40. The van der Waals surface area contributed by atoms with E-state index in [1.807, 2.05) is 68.4 Å². The number of ketones is 1. The van der Waals surface area contributed by atoms with Crippen LogP contribution in [0.5, 0.6) is 0 Å². The summed E-state index contributed by atoms with van der Waals surface area (Å²) in [6.07, 6.45) is 0. The zero-order chi connectivity index (χ0) is 13.2. The second-order valence-electron chi connectivity index (χ2n) is 4.83. The molecule has 0 amide bonds. The monoisotopic (exact) mass is 258 g/mol. The van der Waals surface area contributed by atoms with Crippen molar-refractivity contribution in [3.05, 3.63) is 70.7 Å². The van der Waals surface area contributed by atoms with Crippen molar-refractivity contribution in [2.45, 2.75) is 19.3 Å². The van der Waals surface area contributed by atoms with Gasteiger partial charge in [-0.2, -0.15) is 0 Å². The highest BCUT2D eigenvalue weighted by Gasteiger charge is 2.30. The maximum atomic E-state index is 12.5. The third-order valence-electron chi connectivity index (χ3n) is 3.15. The van der Waals surface area contributed by atoms with Crippen molar-refractivity contribution in [2.24, 2.45) is 0 Å². The van der Waals surface area contributed by atoms with Gasteiger partial charge in [-0.25, -0.2) is 0 Å². The van der Waals surface area contributed by atoms with Gasteiger partial charge in [0.1, 0.15) is 0 Å². The van der Waals surface area contributed by atoms with Crippen molar-refractivity contribution in [3.8, 4) is 0 Å². The highest BCUT2D eigenvalue weighted by atomic mass is 35.5. The summed E-state index contributed by atoms with van der Waals surface area (Å²) in [5.74, 6) is 0.102. The molecule has 0 saturated heterocycles. The van der Waals surface area contributed by atoms with Crippen LogP contribution in [0.15, 0.2) is 54.6 Å². The van der Waals surface area contributed by atoms with Crippen molar-refractivity contribution in [2.75, 3.05) is 0 Å². The van der Waals surface area contributed by atoms with E-state index in [1.165, 1.54) is 0 Å². The van der Waals surface area contributed by atoms with Crippen molar-refractivity contribution in [1.82, 2.24) is 0 Å². The van der Waals surface area contributed by atoms with Crippen LogP contribution in [0.2, 0.25) is 5.02 Å². The molecule has 18 heavy (non-hydrogen) atoms. The van der Waals surface area contributed by atoms with Crippen LogP contribution >= 0.6 is 11.6 Å². The molecular formula is C16H15ClO. The zero-order valence-electron chi connectivity index (χ0n) is 10.5. The molecule has 0 N–H and O–H groups in total. The van der Waals surface area contributed by atoms with E-state index >= 15 is 0 Å². The fourth-order valence-corrected chi connectivity index (χ4v) is 2.15. The molecule has 2 heteroatoms. The van der Waals surface area contributed by atoms with Gasteiger partial charge in [0.15, 0.2) is 5.78 Å². The topological polar surface area (TPSA) is 17.1 Å². The highest BCUT2D eigenvalue weighted by Crippen LogP contribution is 2.29. The predicted molar refractivity (Wildman–Crippen MR) is 75.3 cm³/mol. The second-order valence-corrected chi connectivity index (χ2v) is 5.27. The Morgan fingerprint density at radius 3 is 2.28 bits per heavy atom. The predicted octanol–water partition coefficient (Wildman–Crippen LogP) is 4.50. The Morgan fingerprint density at radius 1 is 1.00 bits per heavy atom. The molecule has 1 nitrogen and oxygen atoms in total. The molecule has 2 aromatic carbocycles. The Labute approximate surface area is 112 Å². The van der Waals surface area contributed by atoms with Crippen LogP contribution in [0.1, 0.15) is 29.8 Å². The summed E-state index contributed by atoms with van der Waals surface area (Å²) in [5, 5.41) is 0.654. The minimum Gasteiger partial charge on any atom is -0.293 e. The van der Waals surface area contributed by atoms with Gasteiger partial charge in [-0.05, 0) is 31.5 Å². The first-order valence-electron chi connectivity index (χ1n) is 5.88. The van der Waals surface area contributed by atoms with E-state index in [2.05, 4.69) is 0 Å². The number of hydrogen-bond donors (Lipinski definition) is 0. The summed E-state index contributed by atoms with van der Waals surface area (Å²) in [5.41, 5.74) is 1.08. The van der Waals surface area contributed by atoms with E-state index in [0.29, 0.717) is 5.02 Å². The van der Waals surface area contributed by atoms with E-state index in [-0.39, 0.29) is 5.78 Å². The van der Waals surface area contributed by atoms with Gasteiger partial charge in [0.25, 0.3) is 0 Å². The van der Waals surface area contributed by atoms with Crippen molar-refractivity contribution >= 4 is 17.4 Å². The van der Waals surface area contributed by atoms with Gasteiger partial charge in [-0.1, -0.05) is 54.1 Å². The normalized spacial score (nSPS) is 11.3. The van der Waals surface area contributed by atoms with Gasteiger partial charge in [-0.15, -0.1) is 0 Å². The number of hydrogen-bond acceptors (Lipinski definition) is 1. The molecule has 0 heterocycles. The molecule has 0 aliphatic rings. The highest BCUT2D eigenvalue weighted by molar-refractivity contribution is 6.30. The summed E-state index contributed by atoms with van der Waals surface area (Å²) in [7, 11) is 0. The molecule has 0 spiro atoms. The van der Waals surface area contributed by atoms with E-state index in [4.69, 9.17) is 11.6 Å². The summed E-state index contributed by atoms with van der Waals surface area (Å²) >= 11 is 5.99. The molecule has 0 aliphatic carbocycles. The van der Waals surface area contributed by atoms with Gasteiger partial charge >= 0.3 is 0 Å². The minimum atomic E-state index is -0.577. The lowest BCUT2D eigenvalue weighted by Crippen LogP contribution is -2.29. The molecule has 0 atom stereocenters. The fraction of sp³-hybridized carbons (Fsp3) is 0.188. The summed E-state index contributed by atoms with van der Waals surface area (Å²) < 4.78 is 0. The number of benzene rings is 2. The average molecular weight is 259 g/mol. The molecule has 0 aliphatic heterocycles. The SMILES string of the molecule is CC(C)(C(=O)c1ccccc1)c1cccc(Cl)c1. The molecule has 0 bridgehead atoms. The van der Waals surface area contributed by atoms with Crippen LogP contribution < -0.4 is 0 Å². The van der Waals surface area contributed by atoms with Gasteiger partial charge in [0.2, 0.25) is 0 Å². The van der Waals surface area contributed by atoms with E-state index < -0.39 is 5.41 Å². The third-order valence-corrected chi connectivity index (χ3v) is 3.39. The summed E-state index contributed by atoms with van der Waals surface area (Å²) in [6, 6.07) is 16.8. The molecule has 0 saturated carbocycles. The van der Waals surface area contributed by atoms with Gasteiger partial charge in [0.05, 0.1) is 5.41 Å². The molecule has 2 rings (SSSR count). The van der Waals surface area contributed by atoms with Crippen LogP contribution in [0.3, 0.4) is 0 Å². The molecule has 0 fully saturated rings. The third kappa shape index (κ3) is 2.46. The van der Waals surface area contributed by atoms with E-state index in [0.717, 1.165) is 11.1 Å². The van der Waals surface area contributed by atoms with Gasteiger partial charge < -0.3 is 0 Å². The molecule has 0 unspecified atom stereocenters. The second kappa shape index (κ2) is 4.95. The Kier molecular flexibility index (Phi) is 3.53. The maximum absolute atomic E-state index is 12.5. The van der Waals surface area contributed by atoms with E-state index in [1.54, 1.807) is 0 Å². The number of carbonyl (C=O) groups excluding carboxylic acids is 1. The lowest BCUT2D eigenvalue weighted by atomic mass is 9.78. The first-order chi connectivity index (χ1) is 8.51. The minimum absolute atomic E-state index is 0.102. The van der Waals surface area contributed by atoms with Crippen molar-refractivity contribution in [3.63, 3.8) is 0 Å². The molecule has 2 aromatic rings. The smallest absolute Gasteiger partial charge is 0.172 e. The van der Waals surface area contributed by atoms with Gasteiger partial charge in [0, 0.05) is 10.6 Å². The lowest BCUT2D eigenvalue weighted by Gasteiger charge is -2.24. The van der Waals surface area contributed by atoms with E-state index in [9.17, 15) is 4.79 Å². The molecule has 0 radical (unpaired) electrons. The Hall–Kier alpha value is -1.60. The Bertz CT molecular complexity index is 558. The van der Waals surface area contributed by atoms with Crippen LogP contribution in [-0.2, 0) is 5.41 Å². The number of carbonyl (C=O) groups is 1. The number of rotatable bonds is 3. The summed E-state index contributed by atoms with van der Waals surface area (Å²) in [6.45, 7) is 3.85. The number of halogens is 1. The first kappa shape index (κ1) is 12.8. The first-order valence-corrected chi connectivity index (χ1v) is 6.25.